The van der Waals surface area contributed by atoms with Crippen molar-refractivity contribution in [2.45, 2.75) is 38.8 Å². The smallest absolute Gasteiger partial charge is 0.118 e. The third-order valence-electron chi connectivity index (χ3n) is 4.50. The molecule has 0 amide bonds. The zero-order chi connectivity index (χ0) is 14.5. The molecule has 3 nitrogen and oxygen atoms in total. The van der Waals surface area contributed by atoms with Gasteiger partial charge >= 0.3 is 0 Å². The molecule has 1 aliphatic heterocycles. The van der Waals surface area contributed by atoms with Crippen LogP contribution in [0.25, 0.3) is 0 Å². The molecule has 112 valence electrons. The zero-order valence-corrected chi connectivity index (χ0v) is 13.2. The van der Waals surface area contributed by atoms with Gasteiger partial charge in [-0.3, -0.25) is 0 Å². The third-order valence-corrected chi connectivity index (χ3v) is 4.50. The largest absolute Gasteiger partial charge is 0.497 e. The first kappa shape index (κ1) is 15.3. The topological polar surface area (TPSA) is 24.5 Å². The Kier molecular flexibility index (Phi) is 5.44. The standard InChI is InChI=1S/C17H28N2O/c1-13(15-7-9-17(20-4)10-8-15)18-14(2)16-6-5-11-19(3)12-16/h7-10,13-14,16,18H,5-6,11-12H2,1-4H3/t13-,14?,16?/m0/s1. The van der Waals surface area contributed by atoms with Crippen LogP contribution in [-0.2, 0) is 0 Å². The summed E-state index contributed by atoms with van der Waals surface area (Å²) in [6.07, 6.45) is 2.66. The average Bonchev–Trinajstić information content (AvgIpc) is 2.47. The average molecular weight is 276 g/mol. The molecular weight excluding hydrogens is 248 g/mol. The highest BCUT2D eigenvalue weighted by atomic mass is 16.5. The molecule has 0 aliphatic carbocycles. The Labute approximate surface area is 123 Å². The van der Waals surface area contributed by atoms with Crippen LogP contribution in [0.5, 0.6) is 5.75 Å². The van der Waals surface area contributed by atoms with E-state index in [1.165, 1.54) is 31.5 Å². The van der Waals surface area contributed by atoms with E-state index < -0.39 is 0 Å². The monoisotopic (exact) mass is 276 g/mol. The molecule has 1 saturated heterocycles. The van der Waals surface area contributed by atoms with Gasteiger partial charge in [-0.1, -0.05) is 12.1 Å². The number of hydrogen-bond donors (Lipinski definition) is 1. The molecule has 0 bridgehead atoms. The molecule has 1 N–H and O–H groups in total. The van der Waals surface area contributed by atoms with Crippen molar-refractivity contribution in [1.29, 1.82) is 0 Å². The van der Waals surface area contributed by atoms with Crippen molar-refractivity contribution in [1.82, 2.24) is 10.2 Å². The van der Waals surface area contributed by atoms with Gasteiger partial charge in [0.25, 0.3) is 0 Å². The number of piperidine rings is 1. The maximum Gasteiger partial charge on any atom is 0.118 e. The summed E-state index contributed by atoms with van der Waals surface area (Å²) < 4.78 is 5.21. The van der Waals surface area contributed by atoms with Crippen LogP contribution in [-0.4, -0.2) is 38.2 Å². The van der Waals surface area contributed by atoms with Gasteiger partial charge in [0, 0.05) is 18.6 Å². The number of ether oxygens (including phenoxy) is 1. The molecule has 20 heavy (non-hydrogen) atoms. The summed E-state index contributed by atoms with van der Waals surface area (Å²) in [5.74, 6) is 1.68. The van der Waals surface area contributed by atoms with E-state index in [9.17, 15) is 0 Å². The maximum absolute atomic E-state index is 5.21. The lowest BCUT2D eigenvalue weighted by atomic mass is 9.91. The number of methoxy groups -OCH3 is 1. The Bertz CT molecular complexity index is 404. The van der Waals surface area contributed by atoms with Gasteiger partial charge in [0.15, 0.2) is 0 Å². The molecule has 3 heteroatoms. The summed E-state index contributed by atoms with van der Waals surface area (Å²) in [6.45, 7) is 7.02. The van der Waals surface area contributed by atoms with Crippen LogP contribution in [0.2, 0.25) is 0 Å². The van der Waals surface area contributed by atoms with Crippen LogP contribution in [0.1, 0.15) is 38.3 Å². The van der Waals surface area contributed by atoms with Crippen molar-refractivity contribution >= 4 is 0 Å². The fourth-order valence-corrected chi connectivity index (χ4v) is 3.13. The summed E-state index contributed by atoms with van der Waals surface area (Å²) >= 11 is 0. The number of hydrogen-bond acceptors (Lipinski definition) is 3. The van der Waals surface area contributed by atoms with Gasteiger partial charge in [0.1, 0.15) is 5.75 Å². The summed E-state index contributed by atoms with van der Waals surface area (Å²) in [6, 6.07) is 9.30. The SMILES string of the molecule is COc1ccc([C@H](C)NC(C)C2CCCN(C)C2)cc1. The van der Waals surface area contributed by atoms with Gasteiger partial charge in [-0.05, 0) is 63.9 Å². The molecule has 1 aromatic carbocycles. The number of nitrogens with one attached hydrogen (secondary N) is 1. The molecule has 0 spiro atoms. The van der Waals surface area contributed by atoms with Crippen molar-refractivity contribution in [3.63, 3.8) is 0 Å². The highest BCUT2D eigenvalue weighted by molar-refractivity contribution is 5.28. The van der Waals surface area contributed by atoms with E-state index in [0.717, 1.165) is 11.7 Å². The molecule has 1 aromatic rings. The molecule has 1 aliphatic rings. The van der Waals surface area contributed by atoms with Crippen LogP contribution in [0, 0.1) is 5.92 Å². The van der Waals surface area contributed by atoms with Gasteiger partial charge in [-0.15, -0.1) is 0 Å². The van der Waals surface area contributed by atoms with Gasteiger partial charge < -0.3 is 15.0 Å². The first-order valence-electron chi connectivity index (χ1n) is 7.68. The fraction of sp³-hybridized carbons (Fsp3) is 0.647. The number of benzene rings is 1. The number of likely N-dealkylation sites (tertiary alicyclic amines) is 1. The molecule has 2 rings (SSSR count). The predicted octanol–water partition coefficient (Wildman–Crippen LogP) is 3.08. The van der Waals surface area contributed by atoms with Crippen molar-refractivity contribution in [3.8, 4) is 5.75 Å². The Morgan fingerprint density at radius 2 is 1.95 bits per heavy atom. The Morgan fingerprint density at radius 3 is 2.55 bits per heavy atom. The second-order valence-electron chi connectivity index (χ2n) is 6.11. The molecule has 1 fully saturated rings. The van der Waals surface area contributed by atoms with E-state index in [1.54, 1.807) is 7.11 Å². The van der Waals surface area contributed by atoms with E-state index in [4.69, 9.17) is 4.74 Å². The van der Waals surface area contributed by atoms with Gasteiger partial charge in [0.2, 0.25) is 0 Å². The third kappa shape index (κ3) is 3.97. The minimum atomic E-state index is 0.378. The molecular formula is C17H28N2O. The summed E-state index contributed by atoms with van der Waals surface area (Å²) in [7, 11) is 3.93. The van der Waals surface area contributed by atoms with Gasteiger partial charge in [-0.25, -0.2) is 0 Å². The molecule has 1 heterocycles. The summed E-state index contributed by atoms with van der Waals surface area (Å²) in [4.78, 5) is 2.45. The van der Waals surface area contributed by atoms with Crippen molar-refractivity contribution < 1.29 is 4.74 Å². The van der Waals surface area contributed by atoms with E-state index >= 15 is 0 Å². The predicted molar refractivity (Wildman–Crippen MR) is 84.2 cm³/mol. The van der Waals surface area contributed by atoms with Gasteiger partial charge in [0.05, 0.1) is 7.11 Å². The quantitative estimate of drug-likeness (QED) is 0.894. The minimum absolute atomic E-state index is 0.378. The molecule has 3 atom stereocenters. The normalized spacial score (nSPS) is 23.3. The zero-order valence-electron chi connectivity index (χ0n) is 13.2. The Hall–Kier alpha value is -1.06. The second kappa shape index (κ2) is 7.09. The maximum atomic E-state index is 5.21. The van der Waals surface area contributed by atoms with Crippen molar-refractivity contribution in [3.05, 3.63) is 29.8 Å². The summed E-state index contributed by atoms with van der Waals surface area (Å²) in [5.41, 5.74) is 1.32. The van der Waals surface area contributed by atoms with E-state index in [0.29, 0.717) is 12.1 Å². The number of rotatable bonds is 5. The van der Waals surface area contributed by atoms with E-state index in [1.807, 2.05) is 12.1 Å². The Balaban J connectivity index is 1.90. The summed E-state index contributed by atoms with van der Waals surface area (Å²) in [5, 5.41) is 3.76. The fourth-order valence-electron chi connectivity index (χ4n) is 3.13. The number of nitrogens with zero attached hydrogens (tertiary/aromatic N) is 1. The van der Waals surface area contributed by atoms with Crippen LogP contribution in [0.3, 0.4) is 0 Å². The van der Waals surface area contributed by atoms with Crippen LogP contribution in [0.15, 0.2) is 24.3 Å². The minimum Gasteiger partial charge on any atom is -0.497 e. The van der Waals surface area contributed by atoms with E-state index in [-0.39, 0.29) is 0 Å². The first-order chi connectivity index (χ1) is 9.60. The lowest BCUT2D eigenvalue weighted by molar-refractivity contribution is 0.174. The van der Waals surface area contributed by atoms with Crippen LogP contribution < -0.4 is 10.1 Å². The van der Waals surface area contributed by atoms with Crippen molar-refractivity contribution in [2.75, 3.05) is 27.2 Å². The Morgan fingerprint density at radius 1 is 1.25 bits per heavy atom. The lowest BCUT2D eigenvalue weighted by Gasteiger charge is -2.35. The highest BCUT2D eigenvalue weighted by Gasteiger charge is 2.23. The second-order valence-corrected chi connectivity index (χ2v) is 6.11. The molecule has 0 radical (unpaired) electrons. The molecule has 0 saturated carbocycles. The first-order valence-corrected chi connectivity index (χ1v) is 7.68. The molecule has 0 aromatic heterocycles. The van der Waals surface area contributed by atoms with Gasteiger partial charge in [-0.2, -0.15) is 0 Å². The highest BCUT2D eigenvalue weighted by Crippen LogP contribution is 2.22. The van der Waals surface area contributed by atoms with Crippen molar-refractivity contribution in [2.24, 2.45) is 5.92 Å². The van der Waals surface area contributed by atoms with E-state index in [2.05, 4.69) is 43.2 Å². The van der Waals surface area contributed by atoms with Crippen LogP contribution >= 0.6 is 0 Å². The molecule has 2 unspecified atom stereocenters. The van der Waals surface area contributed by atoms with Crippen LogP contribution in [0.4, 0.5) is 0 Å². The lowest BCUT2D eigenvalue weighted by Crippen LogP contribution is -2.43.